The number of aryl methyl sites for hydroxylation is 1. The zero-order valence-electron chi connectivity index (χ0n) is 18.9. The summed E-state index contributed by atoms with van der Waals surface area (Å²) in [4.78, 5) is 11.5. The maximum Gasteiger partial charge on any atom is 0.337 e. The monoisotopic (exact) mass is 431 g/mol. The summed E-state index contributed by atoms with van der Waals surface area (Å²) in [5.74, 6) is 0.678. The van der Waals surface area contributed by atoms with Crippen LogP contribution in [0.1, 0.15) is 46.3 Å². The van der Waals surface area contributed by atoms with Crippen LogP contribution < -0.4 is 10.1 Å². The first-order chi connectivity index (χ1) is 15.8. The van der Waals surface area contributed by atoms with Gasteiger partial charge in [0.05, 0.1) is 19.3 Å². The lowest BCUT2D eigenvalue weighted by Gasteiger charge is -2.12. The standard InChI is InChI=1S/C28H33NO3/c1-31-28(30)26-17-15-24(16-18-26)22-29-20-19-25-13-7-8-14-27(25)32-21-9-3-6-12-23-10-4-2-5-11-23/h2,4-5,7-8,10-11,13-18,29H,3,6,9,12,19-22H2,1H3. The van der Waals surface area contributed by atoms with Gasteiger partial charge in [0.25, 0.3) is 0 Å². The number of methoxy groups -OCH3 is 1. The van der Waals surface area contributed by atoms with E-state index in [4.69, 9.17) is 9.47 Å². The van der Waals surface area contributed by atoms with E-state index in [0.29, 0.717) is 5.56 Å². The molecule has 0 spiro atoms. The van der Waals surface area contributed by atoms with Crippen LogP contribution in [0.25, 0.3) is 0 Å². The van der Waals surface area contributed by atoms with Gasteiger partial charge in [-0.1, -0.05) is 60.7 Å². The van der Waals surface area contributed by atoms with Crippen LogP contribution in [-0.2, 0) is 24.1 Å². The van der Waals surface area contributed by atoms with Gasteiger partial charge in [0.1, 0.15) is 5.75 Å². The molecule has 4 nitrogen and oxygen atoms in total. The predicted octanol–water partition coefficient (Wildman–Crippen LogP) is 5.60. The van der Waals surface area contributed by atoms with Crippen LogP contribution in [0.2, 0.25) is 0 Å². The van der Waals surface area contributed by atoms with Crippen molar-refractivity contribution in [2.75, 3.05) is 20.3 Å². The summed E-state index contributed by atoms with van der Waals surface area (Å²) >= 11 is 0. The molecule has 168 valence electrons. The molecule has 0 radical (unpaired) electrons. The van der Waals surface area contributed by atoms with Crippen LogP contribution >= 0.6 is 0 Å². The van der Waals surface area contributed by atoms with Crippen molar-refractivity contribution in [1.82, 2.24) is 5.32 Å². The lowest BCUT2D eigenvalue weighted by Crippen LogP contribution is -2.17. The molecule has 0 saturated carbocycles. The fourth-order valence-electron chi connectivity index (χ4n) is 3.62. The highest BCUT2D eigenvalue weighted by atomic mass is 16.5. The molecule has 0 saturated heterocycles. The molecule has 0 aliphatic rings. The highest BCUT2D eigenvalue weighted by Crippen LogP contribution is 2.19. The number of hydrogen-bond donors (Lipinski definition) is 1. The van der Waals surface area contributed by atoms with Crippen LogP contribution in [0.3, 0.4) is 0 Å². The second-order valence-corrected chi connectivity index (χ2v) is 7.87. The Hall–Kier alpha value is -3.11. The van der Waals surface area contributed by atoms with Crippen molar-refractivity contribution in [2.45, 2.75) is 38.6 Å². The number of carbonyl (C=O) groups is 1. The summed E-state index contributed by atoms with van der Waals surface area (Å²) in [6.07, 6.45) is 5.48. The van der Waals surface area contributed by atoms with Crippen LogP contribution in [-0.4, -0.2) is 26.2 Å². The smallest absolute Gasteiger partial charge is 0.337 e. The van der Waals surface area contributed by atoms with E-state index in [1.807, 2.05) is 18.2 Å². The minimum Gasteiger partial charge on any atom is -0.493 e. The van der Waals surface area contributed by atoms with Gasteiger partial charge in [-0.2, -0.15) is 0 Å². The molecule has 3 rings (SSSR count). The molecule has 0 heterocycles. The maximum absolute atomic E-state index is 11.5. The van der Waals surface area contributed by atoms with Gasteiger partial charge >= 0.3 is 5.97 Å². The molecule has 0 unspecified atom stereocenters. The van der Waals surface area contributed by atoms with Gasteiger partial charge in [-0.05, 0) is 73.5 Å². The zero-order valence-corrected chi connectivity index (χ0v) is 18.9. The quantitative estimate of drug-likeness (QED) is 0.283. The minimum absolute atomic E-state index is 0.308. The van der Waals surface area contributed by atoms with Gasteiger partial charge < -0.3 is 14.8 Å². The summed E-state index contributed by atoms with van der Waals surface area (Å²) < 4.78 is 10.8. The average molecular weight is 432 g/mol. The normalized spacial score (nSPS) is 10.7. The van der Waals surface area contributed by atoms with Crippen molar-refractivity contribution in [1.29, 1.82) is 0 Å². The van der Waals surface area contributed by atoms with Crippen LogP contribution in [0.5, 0.6) is 5.75 Å². The van der Waals surface area contributed by atoms with Crippen molar-refractivity contribution in [3.8, 4) is 5.75 Å². The van der Waals surface area contributed by atoms with Crippen molar-refractivity contribution in [2.24, 2.45) is 0 Å². The first-order valence-corrected chi connectivity index (χ1v) is 11.4. The first-order valence-electron chi connectivity index (χ1n) is 11.4. The number of carbonyl (C=O) groups excluding carboxylic acids is 1. The topological polar surface area (TPSA) is 47.6 Å². The summed E-state index contributed by atoms with van der Waals surface area (Å²) in [5, 5.41) is 3.47. The van der Waals surface area contributed by atoms with E-state index in [1.165, 1.54) is 31.1 Å². The molecule has 32 heavy (non-hydrogen) atoms. The lowest BCUT2D eigenvalue weighted by molar-refractivity contribution is 0.0600. The van der Waals surface area contributed by atoms with Gasteiger partial charge in [-0.3, -0.25) is 0 Å². The van der Waals surface area contributed by atoms with E-state index >= 15 is 0 Å². The molecule has 1 N–H and O–H groups in total. The molecule has 0 aliphatic carbocycles. The Kier molecular flexibility index (Phi) is 9.81. The average Bonchev–Trinajstić information content (AvgIpc) is 2.85. The molecule has 0 bridgehead atoms. The van der Waals surface area contributed by atoms with Crippen molar-refractivity contribution in [3.63, 3.8) is 0 Å². The largest absolute Gasteiger partial charge is 0.493 e. The maximum atomic E-state index is 11.5. The number of ether oxygens (including phenoxy) is 2. The third-order valence-electron chi connectivity index (χ3n) is 5.46. The van der Waals surface area contributed by atoms with Crippen molar-refractivity contribution < 1.29 is 14.3 Å². The number of nitrogens with one attached hydrogen (secondary N) is 1. The van der Waals surface area contributed by atoms with Gasteiger partial charge in [0.2, 0.25) is 0 Å². The molecule has 0 fully saturated rings. The fourth-order valence-corrected chi connectivity index (χ4v) is 3.62. The zero-order chi connectivity index (χ0) is 22.4. The number of benzene rings is 3. The summed E-state index contributed by atoms with van der Waals surface area (Å²) in [6, 6.07) is 26.4. The third kappa shape index (κ3) is 7.86. The van der Waals surface area contributed by atoms with E-state index in [-0.39, 0.29) is 5.97 Å². The third-order valence-corrected chi connectivity index (χ3v) is 5.46. The highest BCUT2D eigenvalue weighted by molar-refractivity contribution is 5.89. The molecular weight excluding hydrogens is 398 g/mol. The second-order valence-electron chi connectivity index (χ2n) is 7.87. The van der Waals surface area contributed by atoms with Gasteiger partial charge in [0.15, 0.2) is 0 Å². The van der Waals surface area contributed by atoms with Crippen LogP contribution in [0, 0.1) is 0 Å². The molecular formula is C28H33NO3. The molecule has 3 aromatic rings. The Morgan fingerprint density at radius 3 is 2.31 bits per heavy atom. The molecule has 0 aromatic heterocycles. The summed E-state index contributed by atoms with van der Waals surface area (Å²) in [5.41, 5.74) is 4.34. The predicted molar refractivity (Wildman–Crippen MR) is 129 cm³/mol. The highest BCUT2D eigenvalue weighted by Gasteiger charge is 2.05. The SMILES string of the molecule is COC(=O)c1ccc(CNCCc2ccccc2OCCCCCc2ccccc2)cc1. The number of rotatable bonds is 13. The summed E-state index contributed by atoms with van der Waals surface area (Å²) in [6.45, 7) is 2.37. The van der Waals surface area contributed by atoms with E-state index in [9.17, 15) is 4.79 Å². The Morgan fingerprint density at radius 2 is 1.53 bits per heavy atom. The van der Waals surface area contributed by atoms with Crippen LogP contribution in [0.4, 0.5) is 0 Å². The summed E-state index contributed by atoms with van der Waals surface area (Å²) in [7, 11) is 1.39. The van der Waals surface area contributed by atoms with Crippen molar-refractivity contribution in [3.05, 3.63) is 101 Å². The van der Waals surface area contributed by atoms with E-state index in [2.05, 4.69) is 53.8 Å². The fraction of sp³-hybridized carbons (Fsp3) is 0.321. The van der Waals surface area contributed by atoms with E-state index < -0.39 is 0 Å². The van der Waals surface area contributed by atoms with Crippen LogP contribution in [0.15, 0.2) is 78.9 Å². The van der Waals surface area contributed by atoms with E-state index in [0.717, 1.165) is 50.3 Å². The van der Waals surface area contributed by atoms with Crippen molar-refractivity contribution >= 4 is 5.97 Å². The molecule has 0 atom stereocenters. The van der Waals surface area contributed by atoms with Gasteiger partial charge in [0, 0.05) is 6.54 Å². The Bertz CT molecular complexity index is 938. The van der Waals surface area contributed by atoms with Gasteiger partial charge in [-0.15, -0.1) is 0 Å². The Morgan fingerprint density at radius 1 is 0.781 bits per heavy atom. The second kappa shape index (κ2) is 13.3. The van der Waals surface area contributed by atoms with Gasteiger partial charge in [-0.25, -0.2) is 4.79 Å². The molecule has 0 amide bonds. The molecule has 4 heteroatoms. The Labute approximate surface area is 191 Å². The molecule has 0 aliphatic heterocycles. The minimum atomic E-state index is -0.308. The number of unbranched alkanes of at least 4 members (excludes halogenated alkanes) is 2. The number of hydrogen-bond acceptors (Lipinski definition) is 4. The lowest BCUT2D eigenvalue weighted by atomic mass is 10.1. The molecule has 3 aromatic carbocycles. The Balaban J connectivity index is 1.34. The first kappa shape index (κ1) is 23.6. The number of esters is 1. The number of para-hydroxylation sites is 1. The van der Waals surface area contributed by atoms with E-state index in [1.54, 1.807) is 12.1 Å².